The van der Waals surface area contributed by atoms with Crippen LogP contribution in [0.3, 0.4) is 0 Å². The Labute approximate surface area is 136 Å². The fourth-order valence-corrected chi connectivity index (χ4v) is 3.43. The molecule has 2 rings (SSSR count). The van der Waals surface area contributed by atoms with E-state index >= 15 is 0 Å². The Morgan fingerprint density at radius 2 is 1.95 bits per heavy atom. The number of aliphatic hydroxyl groups excluding tert-OH is 1. The van der Waals surface area contributed by atoms with Gasteiger partial charge in [-0.15, -0.1) is 11.8 Å². The minimum absolute atomic E-state index is 0.0800. The molecule has 21 heavy (non-hydrogen) atoms. The molecule has 1 aliphatic rings. The summed E-state index contributed by atoms with van der Waals surface area (Å²) in [6.45, 7) is 1.94. The summed E-state index contributed by atoms with van der Waals surface area (Å²) in [6.07, 6.45) is 0. The first-order valence-electron chi connectivity index (χ1n) is 6.30. The number of carbonyl (C=O) groups is 2. The topological polar surface area (TPSA) is 57.6 Å². The Morgan fingerprint density at radius 1 is 1.24 bits per heavy atom. The van der Waals surface area contributed by atoms with Crippen molar-refractivity contribution in [3.05, 3.63) is 38.7 Å². The third kappa shape index (κ3) is 3.11. The highest BCUT2D eigenvalue weighted by atomic mass is 35.5. The standard InChI is InChI=1S/C14H13Cl2NO3S/c1-2-17-13(19)11(12(14(17)20)21-6-5-18)9-4-3-8(15)7-10(9)16/h3-4,7,18H,2,5-6H2,1H3. The molecule has 0 bridgehead atoms. The van der Waals surface area contributed by atoms with Crippen molar-refractivity contribution in [2.75, 3.05) is 18.9 Å². The summed E-state index contributed by atoms with van der Waals surface area (Å²) >= 11 is 13.2. The number of hydrogen-bond acceptors (Lipinski definition) is 4. The lowest BCUT2D eigenvalue weighted by Crippen LogP contribution is -2.31. The smallest absolute Gasteiger partial charge is 0.267 e. The molecule has 0 spiro atoms. The molecule has 2 amide bonds. The van der Waals surface area contributed by atoms with Gasteiger partial charge in [0.1, 0.15) is 0 Å². The van der Waals surface area contributed by atoms with Gasteiger partial charge in [-0.2, -0.15) is 0 Å². The second-order valence-electron chi connectivity index (χ2n) is 4.25. The molecule has 0 aromatic heterocycles. The molecule has 0 unspecified atom stereocenters. The fraction of sp³-hybridized carbons (Fsp3) is 0.286. The minimum atomic E-state index is -0.368. The van der Waals surface area contributed by atoms with E-state index in [2.05, 4.69) is 0 Å². The van der Waals surface area contributed by atoms with Crippen molar-refractivity contribution in [2.45, 2.75) is 6.92 Å². The lowest BCUT2D eigenvalue weighted by atomic mass is 10.1. The van der Waals surface area contributed by atoms with E-state index in [0.29, 0.717) is 26.3 Å². The van der Waals surface area contributed by atoms with Crippen LogP contribution in [-0.4, -0.2) is 40.7 Å². The van der Waals surface area contributed by atoms with E-state index in [1.807, 2.05) is 0 Å². The predicted molar refractivity (Wildman–Crippen MR) is 85.3 cm³/mol. The number of imide groups is 1. The van der Waals surface area contributed by atoms with Crippen LogP contribution in [0.25, 0.3) is 5.57 Å². The zero-order valence-corrected chi connectivity index (χ0v) is 13.6. The van der Waals surface area contributed by atoms with Gasteiger partial charge < -0.3 is 5.11 Å². The first kappa shape index (κ1) is 16.4. The van der Waals surface area contributed by atoms with Crippen LogP contribution in [0.5, 0.6) is 0 Å². The molecule has 7 heteroatoms. The highest BCUT2D eigenvalue weighted by molar-refractivity contribution is 8.04. The molecule has 4 nitrogen and oxygen atoms in total. The van der Waals surface area contributed by atoms with Crippen LogP contribution >= 0.6 is 35.0 Å². The van der Waals surface area contributed by atoms with Crippen LogP contribution in [0.2, 0.25) is 10.0 Å². The number of aliphatic hydroxyl groups is 1. The van der Waals surface area contributed by atoms with Gasteiger partial charge in [-0.05, 0) is 19.1 Å². The third-order valence-corrected chi connectivity index (χ3v) is 4.58. The van der Waals surface area contributed by atoms with E-state index < -0.39 is 0 Å². The van der Waals surface area contributed by atoms with E-state index in [-0.39, 0.29) is 30.5 Å². The molecular formula is C14H13Cl2NO3S. The van der Waals surface area contributed by atoms with Gasteiger partial charge in [0.15, 0.2) is 0 Å². The van der Waals surface area contributed by atoms with Gasteiger partial charge >= 0.3 is 0 Å². The van der Waals surface area contributed by atoms with Crippen molar-refractivity contribution in [1.29, 1.82) is 0 Å². The zero-order valence-electron chi connectivity index (χ0n) is 11.2. The van der Waals surface area contributed by atoms with Crippen LogP contribution in [0.1, 0.15) is 12.5 Å². The Morgan fingerprint density at radius 3 is 2.52 bits per heavy atom. The van der Waals surface area contributed by atoms with Crippen LogP contribution in [0, 0.1) is 0 Å². The van der Waals surface area contributed by atoms with E-state index in [4.69, 9.17) is 28.3 Å². The van der Waals surface area contributed by atoms with Gasteiger partial charge in [-0.25, -0.2) is 0 Å². The Hall–Kier alpha value is -1.01. The first-order chi connectivity index (χ1) is 10.0. The number of thioether (sulfide) groups is 1. The second kappa shape index (κ2) is 6.83. The van der Waals surface area contributed by atoms with Gasteiger partial charge in [0.05, 0.1) is 22.1 Å². The summed E-state index contributed by atoms with van der Waals surface area (Å²) < 4.78 is 0. The lowest BCUT2D eigenvalue weighted by Gasteiger charge is -2.11. The molecule has 0 fully saturated rings. The number of likely N-dealkylation sites (N-methyl/N-ethyl adjacent to an activating group) is 1. The fourth-order valence-electron chi connectivity index (χ4n) is 2.05. The Kier molecular flexibility index (Phi) is 5.32. The maximum atomic E-state index is 12.4. The van der Waals surface area contributed by atoms with Crippen LogP contribution in [0.15, 0.2) is 23.1 Å². The number of halogens is 2. The minimum Gasteiger partial charge on any atom is -0.396 e. The monoisotopic (exact) mass is 345 g/mol. The van der Waals surface area contributed by atoms with Crippen molar-refractivity contribution >= 4 is 52.4 Å². The van der Waals surface area contributed by atoms with Crippen molar-refractivity contribution in [3.63, 3.8) is 0 Å². The SMILES string of the molecule is CCN1C(=O)C(SCCO)=C(c2ccc(Cl)cc2Cl)C1=O. The highest BCUT2D eigenvalue weighted by Crippen LogP contribution is 2.38. The predicted octanol–water partition coefficient (Wildman–Crippen LogP) is 2.82. The van der Waals surface area contributed by atoms with Crippen molar-refractivity contribution in [3.8, 4) is 0 Å². The maximum Gasteiger partial charge on any atom is 0.267 e. The third-order valence-electron chi connectivity index (χ3n) is 2.98. The summed E-state index contributed by atoms with van der Waals surface area (Å²) in [5, 5.41) is 9.73. The van der Waals surface area contributed by atoms with Gasteiger partial charge in [0.25, 0.3) is 11.8 Å². The number of nitrogens with zero attached hydrogens (tertiary/aromatic N) is 1. The summed E-state index contributed by atoms with van der Waals surface area (Å²) in [5.41, 5.74) is 0.762. The van der Waals surface area contributed by atoms with Crippen LogP contribution < -0.4 is 0 Å². The average molecular weight is 346 g/mol. The molecule has 0 atom stereocenters. The van der Waals surface area contributed by atoms with Gasteiger partial charge in [0.2, 0.25) is 0 Å². The Bertz CT molecular complexity index is 631. The Balaban J connectivity index is 2.55. The van der Waals surface area contributed by atoms with E-state index in [1.165, 1.54) is 11.0 Å². The molecule has 1 heterocycles. The average Bonchev–Trinajstić information content (AvgIpc) is 2.67. The number of hydrogen-bond donors (Lipinski definition) is 1. The van der Waals surface area contributed by atoms with Crippen LogP contribution in [0.4, 0.5) is 0 Å². The van der Waals surface area contributed by atoms with Gasteiger partial charge in [0, 0.05) is 22.9 Å². The number of benzene rings is 1. The number of amides is 2. The van der Waals surface area contributed by atoms with Crippen molar-refractivity contribution in [2.24, 2.45) is 0 Å². The van der Waals surface area contributed by atoms with E-state index in [0.717, 1.165) is 11.8 Å². The molecule has 112 valence electrons. The molecule has 1 N–H and O–H groups in total. The number of carbonyl (C=O) groups excluding carboxylic acids is 2. The summed E-state index contributed by atoms with van der Waals surface area (Å²) in [7, 11) is 0. The maximum absolute atomic E-state index is 12.4. The summed E-state index contributed by atoms with van der Waals surface area (Å²) in [4.78, 5) is 26.2. The molecule has 1 aliphatic heterocycles. The van der Waals surface area contributed by atoms with Crippen molar-refractivity contribution in [1.82, 2.24) is 4.90 Å². The van der Waals surface area contributed by atoms with E-state index in [1.54, 1.807) is 19.1 Å². The zero-order chi connectivity index (χ0) is 15.6. The first-order valence-corrected chi connectivity index (χ1v) is 8.05. The summed E-state index contributed by atoms with van der Waals surface area (Å²) in [6, 6.07) is 4.78. The highest BCUT2D eigenvalue weighted by Gasteiger charge is 2.38. The lowest BCUT2D eigenvalue weighted by molar-refractivity contribution is -0.136. The van der Waals surface area contributed by atoms with Crippen LogP contribution in [-0.2, 0) is 9.59 Å². The van der Waals surface area contributed by atoms with Crippen molar-refractivity contribution < 1.29 is 14.7 Å². The number of rotatable bonds is 5. The molecule has 1 aromatic carbocycles. The molecule has 0 radical (unpaired) electrons. The molecular weight excluding hydrogens is 333 g/mol. The second-order valence-corrected chi connectivity index (χ2v) is 6.20. The molecule has 1 aromatic rings. The van der Waals surface area contributed by atoms with Gasteiger partial charge in [-0.1, -0.05) is 29.3 Å². The quantitative estimate of drug-likeness (QED) is 0.833. The molecule has 0 saturated heterocycles. The normalized spacial score (nSPS) is 15.3. The largest absolute Gasteiger partial charge is 0.396 e. The molecule has 0 saturated carbocycles. The van der Waals surface area contributed by atoms with Gasteiger partial charge in [-0.3, -0.25) is 14.5 Å². The summed E-state index contributed by atoms with van der Waals surface area (Å²) in [5.74, 6) is -0.380. The van der Waals surface area contributed by atoms with E-state index in [9.17, 15) is 9.59 Å². The molecule has 0 aliphatic carbocycles.